The molecule has 4 heteroatoms. The molecule has 2 unspecified atom stereocenters. The summed E-state index contributed by atoms with van der Waals surface area (Å²) in [5, 5.41) is 13.2. The average molecular weight is 279 g/mol. The summed E-state index contributed by atoms with van der Waals surface area (Å²) in [4.78, 5) is 12.2. The molecule has 2 rings (SSSR count). The number of thioether (sulfide) groups is 1. The van der Waals surface area contributed by atoms with Crippen molar-refractivity contribution < 1.29 is 9.90 Å². The molecule has 0 saturated heterocycles. The van der Waals surface area contributed by atoms with Gasteiger partial charge in [0, 0.05) is 16.9 Å². The molecule has 19 heavy (non-hydrogen) atoms. The van der Waals surface area contributed by atoms with E-state index in [0.29, 0.717) is 16.9 Å². The Bertz CT molecular complexity index is 461. The van der Waals surface area contributed by atoms with Crippen molar-refractivity contribution in [2.75, 3.05) is 5.75 Å². The van der Waals surface area contributed by atoms with E-state index in [-0.39, 0.29) is 11.7 Å². The number of aromatic hydroxyl groups is 1. The van der Waals surface area contributed by atoms with Gasteiger partial charge in [0.2, 0.25) is 0 Å². The summed E-state index contributed by atoms with van der Waals surface area (Å²) in [6.45, 7) is 4.02. The summed E-state index contributed by atoms with van der Waals surface area (Å²) >= 11 is 1.99. The summed E-state index contributed by atoms with van der Waals surface area (Å²) in [5.74, 6) is 1.32. The number of hydrogen-bond donors (Lipinski definition) is 2. The highest BCUT2D eigenvalue weighted by Gasteiger charge is 2.26. The predicted molar refractivity (Wildman–Crippen MR) is 79.9 cm³/mol. The molecule has 1 aromatic carbocycles. The minimum atomic E-state index is -0.0235. The molecule has 1 aromatic rings. The molecular weight excluding hydrogens is 258 g/mol. The quantitative estimate of drug-likeness (QED) is 0.890. The van der Waals surface area contributed by atoms with Gasteiger partial charge in [-0.15, -0.1) is 0 Å². The number of rotatable bonds is 4. The topological polar surface area (TPSA) is 49.3 Å². The molecule has 0 radical (unpaired) electrons. The highest BCUT2D eigenvalue weighted by molar-refractivity contribution is 7.99. The van der Waals surface area contributed by atoms with Gasteiger partial charge in [-0.05, 0) is 55.7 Å². The van der Waals surface area contributed by atoms with Crippen molar-refractivity contribution in [3.8, 4) is 5.75 Å². The Morgan fingerprint density at radius 2 is 2.26 bits per heavy atom. The fourth-order valence-corrected chi connectivity index (χ4v) is 3.77. The number of nitrogens with one attached hydrogen (secondary N) is 1. The third-order valence-electron chi connectivity index (χ3n) is 3.58. The van der Waals surface area contributed by atoms with Crippen LogP contribution in [0.25, 0.3) is 0 Å². The molecule has 0 heterocycles. The van der Waals surface area contributed by atoms with Gasteiger partial charge in [-0.1, -0.05) is 6.92 Å². The van der Waals surface area contributed by atoms with Gasteiger partial charge in [-0.2, -0.15) is 11.8 Å². The Kier molecular flexibility index (Phi) is 4.75. The van der Waals surface area contributed by atoms with E-state index in [1.165, 1.54) is 6.42 Å². The van der Waals surface area contributed by atoms with Crippen molar-refractivity contribution in [3.63, 3.8) is 0 Å². The summed E-state index contributed by atoms with van der Waals surface area (Å²) in [6.07, 6.45) is 3.33. The number of aryl methyl sites for hydroxylation is 1. The van der Waals surface area contributed by atoms with E-state index in [0.717, 1.165) is 24.2 Å². The van der Waals surface area contributed by atoms with E-state index in [4.69, 9.17) is 0 Å². The maximum absolute atomic E-state index is 12.2. The van der Waals surface area contributed by atoms with Crippen molar-refractivity contribution in [3.05, 3.63) is 29.3 Å². The Morgan fingerprint density at radius 1 is 1.47 bits per heavy atom. The molecule has 104 valence electrons. The smallest absolute Gasteiger partial charge is 0.251 e. The molecule has 1 fully saturated rings. The van der Waals surface area contributed by atoms with Crippen molar-refractivity contribution in [1.82, 2.24) is 5.32 Å². The summed E-state index contributed by atoms with van der Waals surface area (Å²) in [7, 11) is 0. The van der Waals surface area contributed by atoms with E-state index >= 15 is 0 Å². The standard InChI is InChI=1S/C15H21NO2S/c1-3-19-13-6-4-11(9-13)16-15(18)14-7-5-12(17)8-10(14)2/h5,7-8,11,13,17H,3-4,6,9H2,1-2H3,(H,16,18). The van der Waals surface area contributed by atoms with Crippen molar-refractivity contribution in [2.24, 2.45) is 0 Å². The van der Waals surface area contributed by atoms with Crippen molar-refractivity contribution in [2.45, 2.75) is 44.4 Å². The van der Waals surface area contributed by atoms with E-state index in [1.807, 2.05) is 18.7 Å². The molecule has 2 N–H and O–H groups in total. The lowest BCUT2D eigenvalue weighted by Gasteiger charge is -2.14. The highest BCUT2D eigenvalue weighted by Crippen LogP contribution is 2.30. The first-order chi connectivity index (χ1) is 9.10. The van der Waals surface area contributed by atoms with E-state index < -0.39 is 0 Å². The monoisotopic (exact) mass is 279 g/mol. The van der Waals surface area contributed by atoms with E-state index in [1.54, 1.807) is 18.2 Å². The minimum absolute atomic E-state index is 0.0235. The summed E-state index contributed by atoms with van der Waals surface area (Å²) < 4.78 is 0. The molecule has 0 spiro atoms. The Hall–Kier alpha value is -1.16. The Labute approximate surface area is 118 Å². The lowest BCUT2D eigenvalue weighted by molar-refractivity contribution is 0.0937. The second-order valence-corrected chi connectivity index (χ2v) is 6.64. The molecule has 3 nitrogen and oxygen atoms in total. The number of carbonyl (C=O) groups is 1. The van der Waals surface area contributed by atoms with Crippen LogP contribution in [0.2, 0.25) is 0 Å². The first kappa shape index (κ1) is 14.3. The van der Waals surface area contributed by atoms with Gasteiger partial charge < -0.3 is 10.4 Å². The van der Waals surface area contributed by atoms with Crippen LogP contribution in [-0.2, 0) is 0 Å². The first-order valence-corrected chi connectivity index (χ1v) is 7.87. The van der Waals surface area contributed by atoms with Gasteiger partial charge >= 0.3 is 0 Å². The highest BCUT2D eigenvalue weighted by atomic mass is 32.2. The summed E-state index contributed by atoms with van der Waals surface area (Å²) in [5.41, 5.74) is 1.47. The first-order valence-electron chi connectivity index (χ1n) is 6.82. The molecule has 2 atom stereocenters. The van der Waals surface area contributed by atoms with E-state index in [9.17, 15) is 9.90 Å². The van der Waals surface area contributed by atoms with Crippen LogP contribution in [0.3, 0.4) is 0 Å². The van der Waals surface area contributed by atoms with Gasteiger partial charge in [0.05, 0.1) is 0 Å². The van der Waals surface area contributed by atoms with Crippen LogP contribution in [-0.4, -0.2) is 28.1 Å². The van der Waals surface area contributed by atoms with Gasteiger partial charge in [-0.3, -0.25) is 4.79 Å². The SMILES string of the molecule is CCSC1CCC(NC(=O)c2ccc(O)cc2C)C1. The maximum Gasteiger partial charge on any atom is 0.251 e. The molecule has 1 aliphatic carbocycles. The second kappa shape index (κ2) is 6.33. The number of hydrogen-bond acceptors (Lipinski definition) is 3. The molecular formula is C15H21NO2S. The zero-order valence-electron chi connectivity index (χ0n) is 11.5. The third kappa shape index (κ3) is 3.66. The maximum atomic E-state index is 12.2. The van der Waals surface area contributed by atoms with Gasteiger partial charge in [0.15, 0.2) is 0 Å². The van der Waals surface area contributed by atoms with Crippen LogP contribution in [0.15, 0.2) is 18.2 Å². The van der Waals surface area contributed by atoms with Crippen LogP contribution in [0.4, 0.5) is 0 Å². The minimum Gasteiger partial charge on any atom is -0.508 e. The van der Waals surface area contributed by atoms with E-state index in [2.05, 4.69) is 12.2 Å². The third-order valence-corrected chi connectivity index (χ3v) is 4.81. The van der Waals surface area contributed by atoms with Gasteiger partial charge in [0.1, 0.15) is 5.75 Å². The zero-order chi connectivity index (χ0) is 13.8. The van der Waals surface area contributed by atoms with Crippen LogP contribution < -0.4 is 5.32 Å². The fourth-order valence-electron chi connectivity index (χ4n) is 2.62. The lowest BCUT2D eigenvalue weighted by atomic mass is 10.1. The predicted octanol–water partition coefficient (Wildman–Crippen LogP) is 3.10. The molecule has 1 saturated carbocycles. The average Bonchev–Trinajstić information content (AvgIpc) is 2.76. The zero-order valence-corrected chi connectivity index (χ0v) is 12.3. The number of phenols is 1. The van der Waals surface area contributed by atoms with Crippen LogP contribution in [0.5, 0.6) is 5.75 Å². The molecule has 1 aliphatic rings. The van der Waals surface area contributed by atoms with Gasteiger partial charge in [0.25, 0.3) is 5.91 Å². The van der Waals surface area contributed by atoms with Crippen molar-refractivity contribution in [1.29, 1.82) is 0 Å². The number of amides is 1. The number of carbonyl (C=O) groups excluding carboxylic acids is 1. The molecule has 1 amide bonds. The molecule has 0 bridgehead atoms. The Balaban J connectivity index is 1.94. The van der Waals surface area contributed by atoms with Crippen LogP contribution in [0, 0.1) is 6.92 Å². The molecule has 0 aromatic heterocycles. The van der Waals surface area contributed by atoms with Crippen LogP contribution >= 0.6 is 11.8 Å². The lowest BCUT2D eigenvalue weighted by Crippen LogP contribution is -2.33. The molecule has 0 aliphatic heterocycles. The summed E-state index contributed by atoms with van der Waals surface area (Å²) in [6, 6.07) is 5.17. The van der Waals surface area contributed by atoms with Crippen molar-refractivity contribution >= 4 is 17.7 Å². The number of benzene rings is 1. The largest absolute Gasteiger partial charge is 0.508 e. The Morgan fingerprint density at radius 3 is 2.95 bits per heavy atom. The second-order valence-electron chi connectivity index (χ2n) is 5.06. The number of phenolic OH excluding ortho intramolecular Hbond substituents is 1. The van der Waals surface area contributed by atoms with Crippen LogP contribution in [0.1, 0.15) is 42.1 Å². The normalized spacial score (nSPS) is 22.4. The van der Waals surface area contributed by atoms with Gasteiger partial charge in [-0.25, -0.2) is 0 Å². The fraction of sp³-hybridized carbons (Fsp3) is 0.533.